The molecular formula is C23H20BrN5O2S. The summed E-state index contributed by atoms with van der Waals surface area (Å²) in [5.74, 6) is 0.137. The van der Waals surface area contributed by atoms with E-state index in [9.17, 15) is 4.21 Å². The molecule has 3 aromatic heterocycles. The van der Waals surface area contributed by atoms with Crippen molar-refractivity contribution < 1.29 is 8.76 Å². The number of rotatable bonds is 8. The molecule has 4 aromatic rings. The molecule has 0 bridgehead atoms. The molecule has 0 saturated heterocycles. The van der Waals surface area contributed by atoms with Crippen LogP contribution in [0.2, 0.25) is 0 Å². The molecule has 2 unspecified atom stereocenters. The number of halogens is 1. The molecule has 3 heterocycles. The maximum atomic E-state index is 11.1. The van der Waals surface area contributed by atoms with Crippen LogP contribution in [0.25, 0.3) is 0 Å². The van der Waals surface area contributed by atoms with Crippen molar-refractivity contribution in [3.63, 3.8) is 0 Å². The standard InChI is InChI=1S/C23H20BrN5O2S/c24-19-7-1-4-16(12-19)23(20-8-11-27-21(29-20)15-28-32(30)31)22(17-5-2-9-25-13-17)18-6-3-10-26-14-18/h1-14,22-23,28H,15H2,(H,30,31). The lowest BCUT2D eigenvalue weighted by Gasteiger charge is -2.28. The zero-order valence-corrected chi connectivity index (χ0v) is 19.3. The van der Waals surface area contributed by atoms with E-state index in [4.69, 9.17) is 9.54 Å². The minimum absolute atomic E-state index is 0.0760. The van der Waals surface area contributed by atoms with Crippen LogP contribution in [0.4, 0.5) is 0 Å². The number of hydrogen-bond acceptors (Lipinski definition) is 5. The highest BCUT2D eigenvalue weighted by molar-refractivity contribution is 9.10. The largest absolute Gasteiger partial charge is 0.294 e. The van der Waals surface area contributed by atoms with Crippen LogP contribution in [0.1, 0.15) is 40.0 Å². The normalized spacial score (nSPS) is 13.1. The van der Waals surface area contributed by atoms with Crippen molar-refractivity contribution in [2.75, 3.05) is 0 Å². The number of nitrogens with zero attached hydrogens (tertiary/aromatic N) is 4. The third-order valence-electron chi connectivity index (χ3n) is 5.03. The molecule has 162 valence electrons. The molecule has 0 aliphatic carbocycles. The minimum atomic E-state index is -2.14. The maximum Gasteiger partial charge on any atom is 0.232 e. The number of nitrogens with one attached hydrogen (secondary N) is 1. The lowest BCUT2D eigenvalue weighted by Crippen LogP contribution is -2.20. The van der Waals surface area contributed by atoms with E-state index in [0.717, 1.165) is 26.9 Å². The maximum absolute atomic E-state index is 11.1. The first kappa shape index (κ1) is 22.3. The number of aromatic nitrogens is 4. The third kappa shape index (κ3) is 5.49. The van der Waals surface area contributed by atoms with Gasteiger partial charge in [-0.05, 0) is 47.0 Å². The van der Waals surface area contributed by atoms with Crippen LogP contribution in [0.15, 0.2) is 90.1 Å². The van der Waals surface area contributed by atoms with Gasteiger partial charge in [0.2, 0.25) is 11.3 Å². The molecule has 4 rings (SSSR count). The molecule has 0 saturated carbocycles. The Bertz CT molecular complexity index is 1160. The summed E-state index contributed by atoms with van der Waals surface area (Å²) < 4.78 is 23.5. The first-order valence-corrected chi connectivity index (χ1v) is 11.7. The van der Waals surface area contributed by atoms with Gasteiger partial charge in [-0.2, -0.15) is 0 Å². The van der Waals surface area contributed by atoms with Crippen molar-refractivity contribution in [2.45, 2.75) is 18.4 Å². The van der Waals surface area contributed by atoms with E-state index in [0.29, 0.717) is 5.82 Å². The van der Waals surface area contributed by atoms with Gasteiger partial charge < -0.3 is 0 Å². The van der Waals surface area contributed by atoms with Crippen molar-refractivity contribution in [1.29, 1.82) is 0 Å². The van der Waals surface area contributed by atoms with E-state index in [1.54, 1.807) is 18.6 Å². The van der Waals surface area contributed by atoms with Crippen molar-refractivity contribution in [1.82, 2.24) is 24.7 Å². The summed E-state index contributed by atoms with van der Waals surface area (Å²) in [5.41, 5.74) is 3.90. The third-order valence-corrected chi connectivity index (χ3v) is 5.91. The van der Waals surface area contributed by atoms with E-state index >= 15 is 0 Å². The molecule has 0 aliphatic rings. The Kier molecular flexibility index (Phi) is 7.43. The topological polar surface area (TPSA) is 101 Å². The van der Waals surface area contributed by atoms with E-state index in [2.05, 4.69) is 47.7 Å². The number of pyridine rings is 2. The van der Waals surface area contributed by atoms with E-state index < -0.39 is 11.3 Å². The Hall–Kier alpha value is -2.85. The number of hydrogen-bond donors (Lipinski definition) is 2. The van der Waals surface area contributed by atoms with Crippen LogP contribution < -0.4 is 4.72 Å². The Labute approximate surface area is 197 Å². The smallest absolute Gasteiger partial charge is 0.232 e. The second-order valence-corrected chi connectivity index (χ2v) is 8.75. The van der Waals surface area contributed by atoms with Gasteiger partial charge in [-0.1, -0.05) is 40.2 Å². The van der Waals surface area contributed by atoms with Gasteiger partial charge >= 0.3 is 0 Å². The fraction of sp³-hybridized carbons (Fsp3) is 0.130. The first-order valence-electron chi connectivity index (χ1n) is 9.83. The molecule has 0 radical (unpaired) electrons. The fourth-order valence-corrected chi connectivity index (χ4v) is 4.40. The van der Waals surface area contributed by atoms with Gasteiger partial charge in [0.1, 0.15) is 5.82 Å². The number of benzene rings is 1. The average molecular weight is 510 g/mol. The highest BCUT2D eigenvalue weighted by atomic mass is 79.9. The highest BCUT2D eigenvalue weighted by Crippen LogP contribution is 2.42. The molecule has 9 heteroatoms. The molecule has 1 aromatic carbocycles. The molecule has 0 amide bonds. The summed E-state index contributed by atoms with van der Waals surface area (Å²) in [6.45, 7) is 0.0760. The van der Waals surface area contributed by atoms with Crippen molar-refractivity contribution in [3.05, 3.63) is 118 Å². The van der Waals surface area contributed by atoms with Crippen molar-refractivity contribution >= 4 is 27.2 Å². The zero-order chi connectivity index (χ0) is 22.3. The minimum Gasteiger partial charge on any atom is -0.294 e. The molecule has 0 fully saturated rings. The predicted octanol–water partition coefficient (Wildman–Crippen LogP) is 4.22. The molecular weight excluding hydrogens is 490 g/mol. The fourth-order valence-electron chi connectivity index (χ4n) is 3.73. The van der Waals surface area contributed by atoms with Gasteiger partial charge in [0.25, 0.3) is 0 Å². The Morgan fingerprint density at radius 3 is 2.19 bits per heavy atom. The summed E-state index contributed by atoms with van der Waals surface area (Å²) in [6, 6.07) is 17.9. The van der Waals surface area contributed by atoms with Gasteiger partial charge in [0.05, 0.1) is 12.2 Å². The summed E-state index contributed by atoms with van der Waals surface area (Å²) in [5, 5.41) is 0. The van der Waals surface area contributed by atoms with Gasteiger partial charge in [-0.15, -0.1) is 0 Å². The Balaban J connectivity index is 1.89. The van der Waals surface area contributed by atoms with Crippen LogP contribution >= 0.6 is 15.9 Å². The highest BCUT2D eigenvalue weighted by Gasteiger charge is 2.30. The Morgan fingerprint density at radius 2 is 1.59 bits per heavy atom. The van der Waals surface area contributed by atoms with Gasteiger partial charge in [0, 0.05) is 47.3 Å². The van der Waals surface area contributed by atoms with Crippen LogP contribution in [0, 0.1) is 0 Å². The molecule has 2 N–H and O–H groups in total. The molecule has 0 spiro atoms. The quantitative estimate of drug-likeness (QED) is 0.345. The van der Waals surface area contributed by atoms with Crippen molar-refractivity contribution in [3.8, 4) is 0 Å². The lowest BCUT2D eigenvalue weighted by atomic mass is 9.76. The molecule has 2 atom stereocenters. The molecule has 0 aliphatic heterocycles. The second-order valence-electron chi connectivity index (χ2n) is 7.05. The SMILES string of the molecule is O=S(O)NCc1nccc(C(c2cccc(Br)c2)C(c2cccnc2)c2cccnc2)n1. The Morgan fingerprint density at radius 1 is 0.906 bits per heavy atom. The second kappa shape index (κ2) is 10.6. The van der Waals surface area contributed by atoms with Crippen LogP contribution in [-0.2, 0) is 17.8 Å². The average Bonchev–Trinajstić information content (AvgIpc) is 2.82. The van der Waals surface area contributed by atoms with Gasteiger partial charge in [0.15, 0.2) is 0 Å². The van der Waals surface area contributed by atoms with Gasteiger partial charge in [-0.25, -0.2) is 18.9 Å². The van der Waals surface area contributed by atoms with E-state index in [1.807, 2.05) is 54.9 Å². The summed E-state index contributed by atoms with van der Waals surface area (Å²) in [7, 11) is 0. The van der Waals surface area contributed by atoms with Gasteiger partial charge in [-0.3, -0.25) is 14.5 Å². The summed E-state index contributed by atoms with van der Waals surface area (Å²) in [6.07, 6.45) is 8.90. The van der Waals surface area contributed by atoms with Crippen molar-refractivity contribution in [2.24, 2.45) is 0 Å². The van der Waals surface area contributed by atoms with E-state index in [-0.39, 0.29) is 18.4 Å². The van der Waals surface area contributed by atoms with Crippen LogP contribution in [0.5, 0.6) is 0 Å². The lowest BCUT2D eigenvalue weighted by molar-refractivity contribution is 0.546. The van der Waals surface area contributed by atoms with Crippen LogP contribution in [-0.4, -0.2) is 28.7 Å². The first-order chi connectivity index (χ1) is 15.6. The summed E-state index contributed by atoms with van der Waals surface area (Å²) >= 11 is 1.45. The monoisotopic (exact) mass is 509 g/mol. The summed E-state index contributed by atoms with van der Waals surface area (Å²) in [4.78, 5) is 17.7. The van der Waals surface area contributed by atoms with E-state index in [1.165, 1.54) is 0 Å². The molecule has 32 heavy (non-hydrogen) atoms. The molecule has 7 nitrogen and oxygen atoms in total. The zero-order valence-electron chi connectivity index (χ0n) is 16.9. The van der Waals surface area contributed by atoms with Crippen LogP contribution in [0.3, 0.4) is 0 Å². The predicted molar refractivity (Wildman–Crippen MR) is 126 cm³/mol.